The first-order valence-electron chi connectivity index (χ1n) is 8.31. The Labute approximate surface area is 162 Å². The lowest BCUT2D eigenvalue weighted by molar-refractivity contribution is -0.117. The van der Waals surface area contributed by atoms with Crippen LogP contribution in [0.5, 0.6) is 0 Å². The number of rotatable bonds is 4. The van der Waals surface area contributed by atoms with Crippen LogP contribution in [0.25, 0.3) is 10.6 Å². The fourth-order valence-electron chi connectivity index (χ4n) is 3.79. The molecule has 0 radical (unpaired) electrons. The second-order valence-corrected chi connectivity index (χ2v) is 8.06. The van der Waals surface area contributed by atoms with Crippen molar-refractivity contribution in [2.75, 3.05) is 5.32 Å². The summed E-state index contributed by atoms with van der Waals surface area (Å²) in [5, 5.41) is 16.7. The Bertz CT molecular complexity index is 742. The molecule has 5 nitrogen and oxygen atoms in total. The summed E-state index contributed by atoms with van der Waals surface area (Å²) >= 11 is 7.38. The maximum atomic E-state index is 12.3. The summed E-state index contributed by atoms with van der Waals surface area (Å²) in [6.07, 6.45) is 5.28. The second-order valence-electron chi connectivity index (χ2n) is 6.65. The highest BCUT2D eigenvalue weighted by Crippen LogP contribution is 2.33. The van der Waals surface area contributed by atoms with Gasteiger partial charge in [0, 0.05) is 29.1 Å². The van der Waals surface area contributed by atoms with Gasteiger partial charge < -0.3 is 10.6 Å². The Balaban J connectivity index is 0.00000182. The van der Waals surface area contributed by atoms with Crippen molar-refractivity contribution >= 4 is 46.4 Å². The van der Waals surface area contributed by atoms with E-state index >= 15 is 0 Å². The van der Waals surface area contributed by atoms with E-state index in [0.717, 1.165) is 23.4 Å². The van der Waals surface area contributed by atoms with Crippen molar-refractivity contribution in [2.24, 2.45) is 5.92 Å². The molecule has 1 aromatic carbocycles. The van der Waals surface area contributed by atoms with Crippen molar-refractivity contribution in [2.45, 2.75) is 44.2 Å². The number of halogens is 2. The Morgan fingerprint density at radius 3 is 2.76 bits per heavy atom. The lowest BCUT2D eigenvalue weighted by atomic mass is 9.89. The van der Waals surface area contributed by atoms with Gasteiger partial charge >= 0.3 is 0 Å². The predicted octanol–water partition coefficient (Wildman–Crippen LogP) is 4.14. The molecular formula is C17H20Cl2N4OS. The number of nitrogens with one attached hydrogen (secondary N) is 2. The summed E-state index contributed by atoms with van der Waals surface area (Å²) in [4.78, 5) is 12.3. The molecule has 2 N–H and O–H groups in total. The van der Waals surface area contributed by atoms with E-state index in [1.165, 1.54) is 24.2 Å². The van der Waals surface area contributed by atoms with Crippen LogP contribution < -0.4 is 10.6 Å². The highest BCUT2D eigenvalue weighted by atomic mass is 35.5. The van der Waals surface area contributed by atoms with Crippen LogP contribution in [-0.4, -0.2) is 28.2 Å². The summed E-state index contributed by atoms with van der Waals surface area (Å²) in [7, 11) is 0. The van der Waals surface area contributed by atoms with Gasteiger partial charge in [0.2, 0.25) is 11.0 Å². The summed E-state index contributed by atoms with van der Waals surface area (Å²) in [5.41, 5.74) is 0.912. The molecular weight excluding hydrogens is 379 g/mol. The van der Waals surface area contributed by atoms with Crippen molar-refractivity contribution < 1.29 is 4.79 Å². The summed E-state index contributed by atoms with van der Waals surface area (Å²) in [6.45, 7) is 0. The summed E-state index contributed by atoms with van der Waals surface area (Å²) in [5.74, 6) is 0.513. The standard InChI is InChI=1S/C17H19ClN4OS.ClH/c18-12-3-1-2-11(9-12)16-21-22-17(24-16)20-15(23)8-10-6-13-4-5-14(7-10)19-13;/h1-3,9-10,13-14,19H,4-8H2,(H,20,22,23);1H. The van der Waals surface area contributed by atoms with E-state index in [1.54, 1.807) is 0 Å². The number of fused-ring (bicyclic) bond motifs is 2. The molecule has 2 saturated heterocycles. The van der Waals surface area contributed by atoms with Crippen molar-refractivity contribution in [3.63, 3.8) is 0 Å². The molecule has 8 heteroatoms. The molecule has 0 aliphatic carbocycles. The quantitative estimate of drug-likeness (QED) is 0.811. The van der Waals surface area contributed by atoms with Gasteiger partial charge in [0.15, 0.2) is 0 Å². The Morgan fingerprint density at radius 2 is 2.04 bits per heavy atom. The largest absolute Gasteiger partial charge is 0.311 e. The lowest BCUT2D eigenvalue weighted by Gasteiger charge is -2.28. The van der Waals surface area contributed by atoms with E-state index in [0.29, 0.717) is 34.6 Å². The number of piperidine rings is 1. The Hall–Kier alpha value is -1.21. The van der Waals surface area contributed by atoms with Crippen LogP contribution in [-0.2, 0) is 4.79 Å². The molecule has 1 aromatic heterocycles. The third kappa shape index (κ3) is 4.50. The maximum absolute atomic E-state index is 12.3. The molecule has 2 aromatic rings. The van der Waals surface area contributed by atoms with E-state index in [9.17, 15) is 4.79 Å². The number of aromatic nitrogens is 2. The van der Waals surface area contributed by atoms with E-state index < -0.39 is 0 Å². The zero-order valence-electron chi connectivity index (χ0n) is 13.6. The molecule has 2 aliphatic rings. The molecule has 134 valence electrons. The Morgan fingerprint density at radius 1 is 1.28 bits per heavy atom. The topological polar surface area (TPSA) is 66.9 Å². The van der Waals surface area contributed by atoms with Crippen LogP contribution in [0.1, 0.15) is 32.1 Å². The number of carbonyl (C=O) groups excluding carboxylic acids is 1. The minimum Gasteiger partial charge on any atom is -0.311 e. The Kier molecular flexibility index (Phi) is 5.94. The molecule has 3 heterocycles. The number of nitrogens with zero attached hydrogens (tertiary/aromatic N) is 2. The van der Waals surface area contributed by atoms with Gasteiger partial charge in [0.05, 0.1) is 0 Å². The average Bonchev–Trinajstić information content (AvgIpc) is 3.14. The van der Waals surface area contributed by atoms with Gasteiger partial charge in [0.1, 0.15) is 5.01 Å². The van der Waals surface area contributed by atoms with Crippen LogP contribution in [0.3, 0.4) is 0 Å². The molecule has 2 unspecified atom stereocenters. The van der Waals surface area contributed by atoms with Gasteiger partial charge in [-0.3, -0.25) is 4.79 Å². The van der Waals surface area contributed by atoms with E-state index in [-0.39, 0.29) is 18.3 Å². The van der Waals surface area contributed by atoms with Crippen LogP contribution in [0.4, 0.5) is 5.13 Å². The fourth-order valence-corrected chi connectivity index (χ4v) is 4.73. The summed E-state index contributed by atoms with van der Waals surface area (Å²) < 4.78 is 0. The molecule has 0 saturated carbocycles. The number of anilines is 1. The van der Waals surface area contributed by atoms with Crippen molar-refractivity contribution in [1.29, 1.82) is 0 Å². The highest BCUT2D eigenvalue weighted by Gasteiger charge is 2.34. The van der Waals surface area contributed by atoms with Gasteiger partial charge in [-0.1, -0.05) is 35.1 Å². The third-order valence-electron chi connectivity index (χ3n) is 4.79. The summed E-state index contributed by atoms with van der Waals surface area (Å²) in [6, 6.07) is 8.69. The molecule has 25 heavy (non-hydrogen) atoms. The van der Waals surface area contributed by atoms with Gasteiger partial charge in [-0.05, 0) is 43.7 Å². The molecule has 2 atom stereocenters. The number of benzene rings is 1. The molecule has 1 amide bonds. The first kappa shape index (κ1) is 18.6. The molecule has 2 bridgehead atoms. The minimum atomic E-state index is 0. The van der Waals surface area contributed by atoms with Gasteiger partial charge in [-0.15, -0.1) is 22.6 Å². The number of hydrogen-bond donors (Lipinski definition) is 2. The van der Waals surface area contributed by atoms with E-state index in [4.69, 9.17) is 11.6 Å². The van der Waals surface area contributed by atoms with Crippen molar-refractivity contribution in [1.82, 2.24) is 15.5 Å². The zero-order valence-corrected chi connectivity index (χ0v) is 16.0. The van der Waals surface area contributed by atoms with Gasteiger partial charge in [-0.25, -0.2) is 0 Å². The first-order chi connectivity index (χ1) is 11.7. The third-order valence-corrected chi connectivity index (χ3v) is 5.91. The number of hydrogen-bond acceptors (Lipinski definition) is 5. The van der Waals surface area contributed by atoms with Crippen molar-refractivity contribution in [3.8, 4) is 10.6 Å². The van der Waals surface area contributed by atoms with Crippen molar-refractivity contribution in [3.05, 3.63) is 29.3 Å². The smallest absolute Gasteiger partial charge is 0.226 e. The highest BCUT2D eigenvalue weighted by molar-refractivity contribution is 7.18. The lowest BCUT2D eigenvalue weighted by Crippen LogP contribution is -2.39. The van der Waals surface area contributed by atoms with Crippen LogP contribution >= 0.6 is 35.3 Å². The second kappa shape index (κ2) is 7.99. The average molecular weight is 399 g/mol. The fraction of sp³-hybridized carbons (Fsp3) is 0.471. The zero-order chi connectivity index (χ0) is 16.5. The van der Waals surface area contributed by atoms with Crippen LogP contribution in [0.2, 0.25) is 5.02 Å². The first-order valence-corrected chi connectivity index (χ1v) is 9.50. The predicted molar refractivity (Wildman–Crippen MR) is 104 cm³/mol. The number of carbonyl (C=O) groups is 1. The van der Waals surface area contributed by atoms with Crippen LogP contribution in [0, 0.1) is 5.92 Å². The van der Waals surface area contributed by atoms with Gasteiger partial charge in [-0.2, -0.15) is 0 Å². The molecule has 4 rings (SSSR count). The SMILES string of the molecule is Cl.O=C(CC1CC2CCC(C1)N2)Nc1nnc(-c2cccc(Cl)c2)s1. The normalized spacial score (nSPS) is 24.6. The maximum Gasteiger partial charge on any atom is 0.226 e. The van der Waals surface area contributed by atoms with Crippen LogP contribution in [0.15, 0.2) is 24.3 Å². The number of amides is 1. The van der Waals surface area contributed by atoms with Gasteiger partial charge in [0.25, 0.3) is 0 Å². The van der Waals surface area contributed by atoms with E-state index in [1.807, 2.05) is 24.3 Å². The van der Waals surface area contributed by atoms with E-state index in [2.05, 4.69) is 20.8 Å². The molecule has 2 fully saturated rings. The molecule has 0 spiro atoms. The monoisotopic (exact) mass is 398 g/mol. The molecule has 2 aliphatic heterocycles. The minimum absolute atomic E-state index is 0.